The molecule has 6 heteroatoms. The molecule has 3 N–H and O–H groups in total. The molecule has 0 fully saturated rings. The van der Waals surface area contributed by atoms with E-state index in [0.29, 0.717) is 17.7 Å². The van der Waals surface area contributed by atoms with E-state index in [2.05, 4.69) is 5.09 Å². The lowest BCUT2D eigenvalue weighted by molar-refractivity contribution is -0.136. The predicted molar refractivity (Wildman–Crippen MR) is 108 cm³/mol. The van der Waals surface area contributed by atoms with Crippen LogP contribution in [0, 0.1) is 0 Å². The van der Waals surface area contributed by atoms with E-state index >= 15 is 0 Å². The lowest BCUT2D eigenvalue weighted by Crippen LogP contribution is -2.10. The van der Waals surface area contributed by atoms with Gasteiger partial charge in [-0.1, -0.05) is 67.6 Å². The fourth-order valence-electron chi connectivity index (χ4n) is 3.39. The van der Waals surface area contributed by atoms with Crippen LogP contribution in [0.25, 0.3) is 10.8 Å². The third kappa shape index (κ3) is 4.21. The third-order valence-electron chi connectivity index (χ3n) is 4.63. The number of para-hydroxylation sites is 1. The Balaban J connectivity index is 2.00. The smallest absolute Gasteiger partial charge is 0.307 e. The molecule has 2 atom stereocenters. The topological polar surface area (TPSA) is 86.6 Å². The first kappa shape index (κ1) is 19.2. The fraction of sp³-hybridized carbons (Fsp3) is 0.190. The maximum absolute atomic E-state index is 13.3. The van der Waals surface area contributed by atoms with Crippen molar-refractivity contribution in [2.45, 2.75) is 25.4 Å². The Morgan fingerprint density at radius 3 is 2.44 bits per heavy atom. The molecule has 5 nitrogen and oxygen atoms in total. The molecule has 140 valence electrons. The first-order valence-corrected chi connectivity index (χ1v) is 10.5. The molecule has 0 spiro atoms. The average Bonchev–Trinajstić information content (AvgIpc) is 2.63. The van der Waals surface area contributed by atoms with Crippen LogP contribution in [0.4, 0.5) is 5.69 Å². The van der Waals surface area contributed by atoms with Gasteiger partial charge in [-0.05, 0) is 34.4 Å². The molecular weight excluding hydrogens is 361 g/mol. The lowest BCUT2D eigenvalue weighted by atomic mass is 10.0. The number of anilines is 1. The highest BCUT2D eigenvalue weighted by Gasteiger charge is 2.32. The van der Waals surface area contributed by atoms with Crippen LogP contribution < -0.4 is 5.09 Å². The van der Waals surface area contributed by atoms with Gasteiger partial charge in [-0.15, -0.1) is 0 Å². The number of hydrogen-bond donors (Lipinski definition) is 3. The Morgan fingerprint density at radius 2 is 1.70 bits per heavy atom. The van der Waals surface area contributed by atoms with Crippen LogP contribution in [0.2, 0.25) is 0 Å². The van der Waals surface area contributed by atoms with Crippen molar-refractivity contribution in [3.8, 4) is 0 Å². The summed E-state index contributed by atoms with van der Waals surface area (Å²) < 4.78 is 13.3. The maximum Gasteiger partial charge on any atom is 0.307 e. The second-order valence-corrected chi connectivity index (χ2v) is 8.55. The monoisotopic (exact) mass is 383 g/mol. The van der Waals surface area contributed by atoms with Crippen LogP contribution in [0.3, 0.4) is 0 Å². The number of carbonyl (C=O) groups is 1. The summed E-state index contributed by atoms with van der Waals surface area (Å²) in [5.74, 6) is -0.988. The predicted octanol–water partition coefficient (Wildman–Crippen LogP) is 5.22. The summed E-state index contributed by atoms with van der Waals surface area (Å²) in [4.78, 5) is 22.0. The first-order valence-electron chi connectivity index (χ1n) is 8.80. The lowest BCUT2D eigenvalue weighted by Gasteiger charge is -2.25. The van der Waals surface area contributed by atoms with Gasteiger partial charge in [-0.25, -0.2) is 0 Å². The van der Waals surface area contributed by atoms with E-state index in [0.717, 1.165) is 16.3 Å². The normalized spacial score (nSPS) is 14.4. The molecule has 3 rings (SSSR count). The third-order valence-corrected chi connectivity index (χ3v) is 6.68. The minimum Gasteiger partial charge on any atom is -0.481 e. The van der Waals surface area contributed by atoms with Crippen LogP contribution in [-0.2, 0) is 15.8 Å². The van der Waals surface area contributed by atoms with Crippen LogP contribution in [0.5, 0.6) is 0 Å². The van der Waals surface area contributed by atoms with Crippen LogP contribution in [0.1, 0.15) is 30.1 Å². The van der Waals surface area contributed by atoms with E-state index in [4.69, 9.17) is 5.11 Å². The number of benzene rings is 3. The number of aliphatic carboxylic acids is 1. The largest absolute Gasteiger partial charge is 0.481 e. The average molecular weight is 383 g/mol. The molecule has 0 bridgehead atoms. The summed E-state index contributed by atoms with van der Waals surface area (Å²) in [5, 5.41) is 13.8. The number of carboxylic acids is 1. The second kappa shape index (κ2) is 7.95. The highest BCUT2D eigenvalue weighted by molar-refractivity contribution is 7.60. The minimum absolute atomic E-state index is 0.214. The summed E-state index contributed by atoms with van der Waals surface area (Å²) in [7, 11) is -3.86. The van der Waals surface area contributed by atoms with Crippen molar-refractivity contribution in [2.24, 2.45) is 0 Å². The molecule has 0 aliphatic rings. The standard InChI is InChI=1S/C21H22NO4P/c1-2-20(18-12-7-10-15-8-3-5-11-17(15)18)27(25,26)22-19-13-6-4-9-16(19)14-21(23)24/h3-13,20H,2,14H2,1H3,(H,23,24)(H2,22,25,26). The maximum atomic E-state index is 13.3. The summed E-state index contributed by atoms with van der Waals surface area (Å²) in [5.41, 5.74) is 1.06. The van der Waals surface area contributed by atoms with E-state index < -0.39 is 19.1 Å². The number of hydrogen-bond acceptors (Lipinski definition) is 2. The highest BCUT2D eigenvalue weighted by Crippen LogP contribution is 2.58. The van der Waals surface area contributed by atoms with Gasteiger partial charge in [0.25, 0.3) is 7.52 Å². The van der Waals surface area contributed by atoms with Crippen molar-refractivity contribution in [1.29, 1.82) is 0 Å². The Kier molecular flexibility index (Phi) is 5.64. The molecular formula is C21H22NO4P. The van der Waals surface area contributed by atoms with Gasteiger partial charge in [-0.3, -0.25) is 9.36 Å². The van der Waals surface area contributed by atoms with Gasteiger partial charge in [-0.2, -0.15) is 0 Å². The number of rotatable bonds is 7. The van der Waals surface area contributed by atoms with E-state index in [9.17, 15) is 14.3 Å². The second-order valence-electron chi connectivity index (χ2n) is 6.45. The van der Waals surface area contributed by atoms with Crippen molar-refractivity contribution in [1.82, 2.24) is 0 Å². The zero-order valence-corrected chi connectivity index (χ0v) is 15.9. The molecule has 0 heterocycles. The van der Waals surface area contributed by atoms with Gasteiger partial charge in [0.2, 0.25) is 0 Å². The molecule has 0 amide bonds. The SMILES string of the molecule is CCC(c1cccc2ccccc12)P(=O)(O)Nc1ccccc1CC(=O)O. The van der Waals surface area contributed by atoms with Gasteiger partial charge in [0.05, 0.1) is 12.1 Å². The van der Waals surface area contributed by atoms with Gasteiger partial charge >= 0.3 is 5.97 Å². The van der Waals surface area contributed by atoms with Crippen molar-refractivity contribution in [3.05, 3.63) is 77.9 Å². The molecule has 0 saturated carbocycles. The fourth-order valence-corrected chi connectivity index (χ4v) is 5.21. The molecule has 0 aliphatic heterocycles. The van der Waals surface area contributed by atoms with Gasteiger partial charge in [0.15, 0.2) is 0 Å². The van der Waals surface area contributed by atoms with Crippen molar-refractivity contribution in [3.63, 3.8) is 0 Å². The summed E-state index contributed by atoms with van der Waals surface area (Å²) in [6, 6.07) is 20.2. The van der Waals surface area contributed by atoms with Crippen molar-refractivity contribution < 1.29 is 19.4 Å². The Labute approximate surface area is 158 Å². The van der Waals surface area contributed by atoms with Crippen molar-refractivity contribution >= 4 is 29.9 Å². The molecule has 0 radical (unpaired) electrons. The van der Waals surface area contributed by atoms with Gasteiger partial charge < -0.3 is 15.1 Å². The van der Waals surface area contributed by atoms with Gasteiger partial charge in [0.1, 0.15) is 0 Å². The van der Waals surface area contributed by atoms with E-state index in [1.54, 1.807) is 24.3 Å². The van der Waals surface area contributed by atoms with Crippen molar-refractivity contribution in [2.75, 3.05) is 5.09 Å². The summed E-state index contributed by atoms with van der Waals surface area (Å²) >= 11 is 0. The molecule has 3 aromatic rings. The Hall–Kier alpha value is -2.62. The molecule has 0 saturated heterocycles. The molecule has 27 heavy (non-hydrogen) atoms. The molecule has 2 unspecified atom stereocenters. The Morgan fingerprint density at radius 1 is 1.04 bits per heavy atom. The summed E-state index contributed by atoms with van der Waals surface area (Å²) in [6.07, 6.45) is 0.254. The van der Waals surface area contributed by atoms with E-state index in [1.807, 2.05) is 49.4 Å². The van der Waals surface area contributed by atoms with E-state index in [-0.39, 0.29) is 6.42 Å². The van der Waals surface area contributed by atoms with Crippen LogP contribution in [0.15, 0.2) is 66.7 Å². The van der Waals surface area contributed by atoms with Crippen LogP contribution >= 0.6 is 7.52 Å². The zero-order valence-electron chi connectivity index (χ0n) is 15.0. The summed E-state index contributed by atoms with van der Waals surface area (Å²) in [6.45, 7) is 1.88. The van der Waals surface area contributed by atoms with Crippen LogP contribution in [-0.4, -0.2) is 16.0 Å². The first-order chi connectivity index (χ1) is 12.9. The molecule has 0 aliphatic carbocycles. The number of fused-ring (bicyclic) bond motifs is 1. The number of carboxylic acid groups (broad SMARTS) is 1. The zero-order chi connectivity index (χ0) is 19.4. The highest BCUT2D eigenvalue weighted by atomic mass is 31.2. The quantitative estimate of drug-likeness (QED) is 0.487. The Bertz CT molecular complexity index is 1010. The minimum atomic E-state index is -3.86. The van der Waals surface area contributed by atoms with E-state index in [1.165, 1.54) is 0 Å². The molecule has 3 aromatic carbocycles. The molecule has 0 aromatic heterocycles. The number of nitrogens with one attached hydrogen (secondary N) is 1. The van der Waals surface area contributed by atoms with Gasteiger partial charge in [0, 0.05) is 5.69 Å².